The number of nitrogens with one attached hydrogen (secondary N) is 1. The maximum Gasteiger partial charge on any atom is 0.261 e. The third-order valence-electron chi connectivity index (χ3n) is 3.82. The van der Waals surface area contributed by atoms with Crippen LogP contribution in [0.15, 0.2) is 54.6 Å². The molecule has 118 valence electrons. The fourth-order valence-corrected chi connectivity index (χ4v) is 2.66. The number of nitrogens with zero attached hydrogens (tertiary/aromatic N) is 1. The molecule has 0 aliphatic carbocycles. The average molecular weight is 310 g/mol. The maximum absolute atomic E-state index is 12.2. The van der Waals surface area contributed by atoms with Crippen molar-refractivity contribution in [3.63, 3.8) is 0 Å². The molecule has 0 spiro atoms. The van der Waals surface area contributed by atoms with Gasteiger partial charge in [0, 0.05) is 13.1 Å². The van der Waals surface area contributed by atoms with Crippen molar-refractivity contribution in [3.8, 4) is 0 Å². The summed E-state index contributed by atoms with van der Waals surface area (Å²) in [5.74, 6) is -0.680. The fourth-order valence-electron chi connectivity index (χ4n) is 2.66. The molecule has 1 aliphatic heterocycles. The Morgan fingerprint density at radius 2 is 1.48 bits per heavy atom. The average Bonchev–Trinajstić information content (AvgIpc) is 2.81. The fraction of sp³-hybridized carbons (Fsp3) is 0.222. The predicted molar refractivity (Wildman–Crippen MR) is 86.0 cm³/mol. The van der Waals surface area contributed by atoms with E-state index in [1.165, 1.54) is 0 Å². The number of carbonyl (C=O) groups is 2. The molecule has 3 rings (SSSR count). The molecule has 0 saturated heterocycles. The van der Waals surface area contributed by atoms with Gasteiger partial charge < -0.3 is 10.4 Å². The van der Waals surface area contributed by atoms with Gasteiger partial charge >= 0.3 is 0 Å². The van der Waals surface area contributed by atoms with Crippen molar-refractivity contribution < 1.29 is 14.7 Å². The zero-order valence-electron chi connectivity index (χ0n) is 12.6. The van der Waals surface area contributed by atoms with Crippen molar-refractivity contribution in [2.75, 3.05) is 13.1 Å². The number of carbonyl (C=O) groups excluding carboxylic acids is 2. The molecule has 0 bridgehead atoms. The number of rotatable bonds is 6. The lowest BCUT2D eigenvalue weighted by Gasteiger charge is -2.19. The highest BCUT2D eigenvalue weighted by molar-refractivity contribution is 6.21. The van der Waals surface area contributed by atoms with Gasteiger partial charge in [-0.3, -0.25) is 14.5 Å². The molecule has 0 fully saturated rings. The van der Waals surface area contributed by atoms with E-state index in [2.05, 4.69) is 5.32 Å². The standard InChI is InChI=1S/C18H18N2O3/c21-14(11-19-10-13-6-2-1-3-7-13)12-20-17(22)15-8-4-5-9-16(15)18(20)23/h1-9,14,19,21H,10-12H2. The van der Waals surface area contributed by atoms with Crippen molar-refractivity contribution in [2.45, 2.75) is 12.6 Å². The van der Waals surface area contributed by atoms with Gasteiger partial charge in [0.2, 0.25) is 0 Å². The SMILES string of the molecule is O=C1c2ccccc2C(=O)N1CC(O)CNCc1ccccc1. The Hall–Kier alpha value is -2.50. The third kappa shape index (κ3) is 3.31. The number of aliphatic hydroxyl groups is 1. The Kier molecular flexibility index (Phi) is 4.50. The van der Waals surface area contributed by atoms with E-state index in [0.29, 0.717) is 24.2 Å². The van der Waals surface area contributed by atoms with E-state index in [-0.39, 0.29) is 18.4 Å². The number of amides is 2. The molecule has 2 aromatic carbocycles. The van der Waals surface area contributed by atoms with Crippen LogP contribution in [0.1, 0.15) is 26.3 Å². The highest BCUT2D eigenvalue weighted by Gasteiger charge is 2.35. The smallest absolute Gasteiger partial charge is 0.261 e. The molecule has 2 N–H and O–H groups in total. The molecule has 0 saturated carbocycles. The van der Waals surface area contributed by atoms with Crippen LogP contribution >= 0.6 is 0 Å². The Labute approximate surface area is 134 Å². The van der Waals surface area contributed by atoms with Crippen LogP contribution < -0.4 is 5.32 Å². The normalized spacial score (nSPS) is 14.9. The van der Waals surface area contributed by atoms with Gasteiger partial charge in [-0.15, -0.1) is 0 Å². The number of aliphatic hydroxyl groups excluding tert-OH is 1. The van der Waals surface area contributed by atoms with Crippen LogP contribution in [-0.4, -0.2) is 41.0 Å². The third-order valence-corrected chi connectivity index (χ3v) is 3.82. The summed E-state index contributed by atoms with van der Waals surface area (Å²) in [4.78, 5) is 25.5. The van der Waals surface area contributed by atoms with Crippen molar-refractivity contribution in [1.29, 1.82) is 0 Å². The molecule has 0 radical (unpaired) electrons. The Bertz CT molecular complexity index is 680. The molecule has 2 amide bonds. The monoisotopic (exact) mass is 310 g/mol. The number of hydrogen-bond donors (Lipinski definition) is 2. The molecule has 2 aromatic rings. The van der Waals surface area contributed by atoms with Gasteiger partial charge in [-0.05, 0) is 17.7 Å². The minimum atomic E-state index is -0.805. The van der Waals surface area contributed by atoms with E-state index in [9.17, 15) is 14.7 Å². The largest absolute Gasteiger partial charge is 0.390 e. The van der Waals surface area contributed by atoms with Crippen LogP contribution in [0, 0.1) is 0 Å². The van der Waals surface area contributed by atoms with E-state index in [1.54, 1.807) is 24.3 Å². The van der Waals surface area contributed by atoms with Crippen LogP contribution in [0.5, 0.6) is 0 Å². The Morgan fingerprint density at radius 3 is 2.09 bits per heavy atom. The van der Waals surface area contributed by atoms with Gasteiger partial charge in [0.05, 0.1) is 23.8 Å². The van der Waals surface area contributed by atoms with Crippen LogP contribution in [0.4, 0.5) is 0 Å². The summed E-state index contributed by atoms with van der Waals surface area (Å²) >= 11 is 0. The van der Waals surface area contributed by atoms with E-state index in [0.717, 1.165) is 10.5 Å². The summed E-state index contributed by atoms with van der Waals surface area (Å²) in [7, 11) is 0. The number of β-amino-alcohol motifs (C(OH)–C–C–N with tert-alkyl or cyclic N) is 1. The molecular weight excluding hydrogens is 292 g/mol. The van der Waals surface area contributed by atoms with Crippen LogP contribution in [-0.2, 0) is 6.54 Å². The summed E-state index contributed by atoms with van der Waals surface area (Å²) in [6.07, 6.45) is -0.805. The molecule has 1 atom stereocenters. The Morgan fingerprint density at radius 1 is 0.913 bits per heavy atom. The summed E-state index contributed by atoms with van der Waals surface area (Å²) in [5, 5.41) is 13.2. The predicted octanol–water partition coefficient (Wildman–Crippen LogP) is 1.43. The maximum atomic E-state index is 12.2. The summed E-state index contributed by atoms with van der Waals surface area (Å²) in [6, 6.07) is 16.5. The summed E-state index contributed by atoms with van der Waals surface area (Å²) in [6.45, 7) is 0.927. The van der Waals surface area contributed by atoms with Gasteiger partial charge in [0.15, 0.2) is 0 Å². The lowest BCUT2D eigenvalue weighted by atomic mass is 10.1. The van der Waals surface area contributed by atoms with Gasteiger partial charge in [-0.1, -0.05) is 42.5 Å². The van der Waals surface area contributed by atoms with Crippen molar-refractivity contribution in [2.24, 2.45) is 0 Å². The molecule has 1 unspecified atom stereocenters. The van der Waals surface area contributed by atoms with E-state index < -0.39 is 6.10 Å². The van der Waals surface area contributed by atoms with Crippen molar-refractivity contribution >= 4 is 11.8 Å². The molecule has 0 aromatic heterocycles. The molecule has 23 heavy (non-hydrogen) atoms. The summed E-state index contributed by atoms with van der Waals surface area (Å²) < 4.78 is 0. The first-order valence-corrected chi connectivity index (χ1v) is 7.55. The second kappa shape index (κ2) is 6.73. The molecule has 1 heterocycles. The van der Waals surface area contributed by atoms with Crippen molar-refractivity contribution in [1.82, 2.24) is 10.2 Å². The first-order chi connectivity index (χ1) is 11.2. The quantitative estimate of drug-likeness (QED) is 0.792. The minimum Gasteiger partial charge on any atom is -0.390 e. The molecule has 1 aliphatic rings. The van der Waals surface area contributed by atoms with Gasteiger partial charge in [0.1, 0.15) is 0 Å². The van der Waals surface area contributed by atoms with E-state index >= 15 is 0 Å². The lowest BCUT2D eigenvalue weighted by Crippen LogP contribution is -2.41. The number of hydrogen-bond acceptors (Lipinski definition) is 4. The second-order valence-corrected chi connectivity index (χ2v) is 5.54. The van der Waals surface area contributed by atoms with Gasteiger partial charge in [-0.25, -0.2) is 0 Å². The highest BCUT2D eigenvalue weighted by Crippen LogP contribution is 2.22. The van der Waals surface area contributed by atoms with Crippen LogP contribution in [0.25, 0.3) is 0 Å². The zero-order valence-corrected chi connectivity index (χ0v) is 12.6. The lowest BCUT2D eigenvalue weighted by molar-refractivity contribution is 0.0543. The Balaban J connectivity index is 1.54. The number of benzene rings is 2. The molecular formula is C18H18N2O3. The number of fused-ring (bicyclic) bond motifs is 1. The number of imide groups is 1. The zero-order chi connectivity index (χ0) is 16.2. The molecule has 5 heteroatoms. The first kappa shape index (κ1) is 15.4. The molecule has 5 nitrogen and oxygen atoms in total. The van der Waals surface area contributed by atoms with Gasteiger partial charge in [0.25, 0.3) is 11.8 Å². The summed E-state index contributed by atoms with van der Waals surface area (Å²) in [5.41, 5.74) is 1.92. The van der Waals surface area contributed by atoms with Crippen molar-refractivity contribution in [3.05, 3.63) is 71.3 Å². The first-order valence-electron chi connectivity index (χ1n) is 7.55. The highest BCUT2D eigenvalue weighted by atomic mass is 16.3. The van der Waals surface area contributed by atoms with Crippen LogP contribution in [0.2, 0.25) is 0 Å². The van der Waals surface area contributed by atoms with E-state index in [1.807, 2.05) is 30.3 Å². The second-order valence-electron chi connectivity index (χ2n) is 5.54. The minimum absolute atomic E-state index is 0.00582. The van der Waals surface area contributed by atoms with Crippen LogP contribution in [0.3, 0.4) is 0 Å². The van der Waals surface area contributed by atoms with Gasteiger partial charge in [-0.2, -0.15) is 0 Å². The topological polar surface area (TPSA) is 69.6 Å². The van der Waals surface area contributed by atoms with E-state index in [4.69, 9.17) is 0 Å².